The second kappa shape index (κ2) is 9.37. The molecule has 2 aliphatic rings. The summed E-state index contributed by atoms with van der Waals surface area (Å²) < 4.78 is 0. The van der Waals surface area contributed by atoms with Gasteiger partial charge in [0, 0.05) is 19.0 Å². The van der Waals surface area contributed by atoms with Gasteiger partial charge in [0.25, 0.3) is 0 Å². The van der Waals surface area contributed by atoms with Gasteiger partial charge in [0.2, 0.25) is 5.91 Å². The van der Waals surface area contributed by atoms with Gasteiger partial charge in [-0.15, -0.1) is 0 Å². The van der Waals surface area contributed by atoms with Gasteiger partial charge in [0.05, 0.1) is 0 Å². The normalized spacial score (nSPS) is 23.9. The maximum Gasteiger partial charge on any atom is 0.225 e. The number of allylic oxidation sites excluding steroid dienone is 2. The third-order valence-electron chi connectivity index (χ3n) is 5.10. The van der Waals surface area contributed by atoms with Crippen LogP contribution >= 0.6 is 0 Å². The highest BCUT2D eigenvalue weighted by Gasteiger charge is 2.40. The predicted molar refractivity (Wildman–Crippen MR) is 93.7 cm³/mol. The van der Waals surface area contributed by atoms with E-state index in [4.69, 9.17) is 0 Å². The molecular weight excluding hydrogens is 270 g/mol. The first-order valence-corrected chi connectivity index (χ1v) is 9.70. The minimum Gasteiger partial charge on any atom is -0.342 e. The molecule has 2 aliphatic carbocycles. The van der Waals surface area contributed by atoms with Crippen molar-refractivity contribution in [1.29, 1.82) is 0 Å². The molecule has 0 aromatic carbocycles. The third-order valence-corrected chi connectivity index (χ3v) is 5.10. The summed E-state index contributed by atoms with van der Waals surface area (Å²) in [7, 11) is 0. The van der Waals surface area contributed by atoms with Gasteiger partial charge in [-0.1, -0.05) is 38.8 Å². The zero-order chi connectivity index (χ0) is 15.8. The molecule has 0 N–H and O–H groups in total. The fourth-order valence-electron chi connectivity index (χ4n) is 3.38. The van der Waals surface area contributed by atoms with Crippen molar-refractivity contribution in [2.75, 3.05) is 13.1 Å². The zero-order valence-corrected chi connectivity index (χ0v) is 14.7. The molecule has 0 saturated heterocycles. The van der Waals surface area contributed by atoms with Crippen LogP contribution in [0, 0.1) is 17.8 Å². The van der Waals surface area contributed by atoms with Crippen LogP contribution in [0.4, 0.5) is 0 Å². The first-order chi connectivity index (χ1) is 10.8. The van der Waals surface area contributed by atoms with E-state index in [0.717, 1.165) is 44.2 Å². The van der Waals surface area contributed by atoms with Crippen LogP contribution in [-0.4, -0.2) is 23.9 Å². The van der Waals surface area contributed by atoms with Crippen LogP contribution in [0.25, 0.3) is 0 Å². The number of unbranched alkanes of at least 4 members (excludes halogenated alkanes) is 3. The van der Waals surface area contributed by atoms with Crippen molar-refractivity contribution in [2.45, 2.75) is 78.1 Å². The van der Waals surface area contributed by atoms with Crippen LogP contribution < -0.4 is 0 Å². The highest BCUT2D eigenvalue weighted by Crippen LogP contribution is 2.43. The molecule has 2 rings (SSSR count). The molecule has 1 amide bonds. The van der Waals surface area contributed by atoms with Gasteiger partial charge in [0.1, 0.15) is 0 Å². The molecular formula is C20H35NO. The Hall–Kier alpha value is -0.790. The molecule has 0 spiro atoms. The molecule has 0 aromatic heterocycles. The quantitative estimate of drug-likeness (QED) is 0.359. The number of carbonyl (C=O) groups excluding carboxylic acids is 1. The maximum absolute atomic E-state index is 12.3. The average Bonchev–Trinajstić information content (AvgIpc) is 3.41. The van der Waals surface area contributed by atoms with Gasteiger partial charge in [0.15, 0.2) is 0 Å². The SMILES string of the molecule is CCCCCC=CCCC1CC1CN(CCC)C(=O)C1CC1. The molecule has 2 atom stereocenters. The first-order valence-electron chi connectivity index (χ1n) is 9.70. The van der Waals surface area contributed by atoms with Crippen molar-refractivity contribution < 1.29 is 4.79 Å². The molecule has 2 saturated carbocycles. The Morgan fingerprint density at radius 2 is 1.82 bits per heavy atom. The van der Waals surface area contributed by atoms with Gasteiger partial charge in [-0.3, -0.25) is 4.79 Å². The molecule has 0 heterocycles. The highest BCUT2D eigenvalue weighted by atomic mass is 16.2. The van der Waals surface area contributed by atoms with Crippen LogP contribution in [0.5, 0.6) is 0 Å². The Kier molecular flexibility index (Phi) is 7.48. The minimum absolute atomic E-state index is 0.384. The fourth-order valence-corrected chi connectivity index (χ4v) is 3.38. The van der Waals surface area contributed by atoms with Crippen molar-refractivity contribution in [3.8, 4) is 0 Å². The van der Waals surface area contributed by atoms with Crippen molar-refractivity contribution >= 4 is 5.91 Å². The Labute approximate surface area is 137 Å². The lowest BCUT2D eigenvalue weighted by atomic mass is 10.1. The van der Waals surface area contributed by atoms with Crippen LogP contribution in [0.1, 0.15) is 78.1 Å². The number of hydrogen-bond donors (Lipinski definition) is 0. The molecule has 0 aromatic rings. The molecule has 22 heavy (non-hydrogen) atoms. The third kappa shape index (κ3) is 6.14. The molecule has 2 unspecified atom stereocenters. The molecule has 0 radical (unpaired) electrons. The maximum atomic E-state index is 12.3. The molecule has 2 nitrogen and oxygen atoms in total. The summed E-state index contributed by atoms with van der Waals surface area (Å²) >= 11 is 0. The lowest BCUT2D eigenvalue weighted by Crippen LogP contribution is -2.35. The van der Waals surface area contributed by atoms with Crippen LogP contribution in [0.3, 0.4) is 0 Å². The lowest BCUT2D eigenvalue weighted by molar-refractivity contribution is -0.132. The second-order valence-electron chi connectivity index (χ2n) is 7.36. The van der Waals surface area contributed by atoms with Crippen LogP contribution in [0.2, 0.25) is 0 Å². The number of carbonyl (C=O) groups is 1. The number of amides is 1. The average molecular weight is 306 g/mol. The van der Waals surface area contributed by atoms with E-state index in [2.05, 4.69) is 30.9 Å². The van der Waals surface area contributed by atoms with E-state index in [1.54, 1.807) is 0 Å². The summed E-state index contributed by atoms with van der Waals surface area (Å²) in [6.07, 6.45) is 17.3. The van der Waals surface area contributed by atoms with E-state index >= 15 is 0 Å². The van der Waals surface area contributed by atoms with Gasteiger partial charge in [-0.25, -0.2) is 0 Å². The molecule has 0 aliphatic heterocycles. The smallest absolute Gasteiger partial charge is 0.225 e. The summed E-state index contributed by atoms with van der Waals surface area (Å²) in [4.78, 5) is 14.4. The van der Waals surface area contributed by atoms with Crippen LogP contribution in [-0.2, 0) is 4.79 Å². The number of hydrogen-bond acceptors (Lipinski definition) is 1. The van der Waals surface area contributed by atoms with Crippen LogP contribution in [0.15, 0.2) is 12.2 Å². The summed E-state index contributed by atoms with van der Waals surface area (Å²) in [6.45, 7) is 6.44. The first kappa shape index (κ1) is 17.6. The fraction of sp³-hybridized carbons (Fsp3) is 0.850. The molecule has 126 valence electrons. The Balaban J connectivity index is 1.57. The minimum atomic E-state index is 0.384. The topological polar surface area (TPSA) is 20.3 Å². The van der Waals surface area contributed by atoms with Crippen molar-refractivity contribution in [2.24, 2.45) is 17.8 Å². The van der Waals surface area contributed by atoms with E-state index in [0.29, 0.717) is 11.8 Å². The Bertz CT molecular complexity index is 359. The van der Waals surface area contributed by atoms with Gasteiger partial charge < -0.3 is 4.90 Å². The monoisotopic (exact) mass is 305 g/mol. The molecule has 2 heteroatoms. The van der Waals surface area contributed by atoms with E-state index in [9.17, 15) is 4.79 Å². The zero-order valence-electron chi connectivity index (χ0n) is 14.7. The van der Waals surface area contributed by atoms with E-state index in [1.807, 2.05) is 0 Å². The largest absolute Gasteiger partial charge is 0.342 e. The number of rotatable bonds is 12. The lowest BCUT2D eigenvalue weighted by Gasteiger charge is -2.22. The van der Waals surface area contributed by atoms with Crippen molar-refractivity contribution in [3.05, 3.63) is 12.2 Å². The molecule has 0 bridgehead atoms. The Morgan fingerprint density at radius 1 is 1.05 bits per heavy atom. The summed E-state index contributed by atoms with van der Waals surface area (Å²) in [5.41, 5.74) is 0. The highest BCUT2D eigenvalue weighted by molar-refractivity contribution is 5.81. The van der Waals surface area contributed by atoms with E-state index < -0.39 is 0 Å². The second-order valence-corrected chi connectivity index (χ2v) is 7.36. The standard InChI is InChI=1S/C20H35NO/c1-3-5-6-7-8-9-10-11-18-15-19(18)16-21(14-4-2)20(22)17-12-13-17/h8-9,17-19H,3-7,10-16H2,1-2H3. The van der Waals surface area contributed by atoms with Crippen molar-refractivity contribution in [1.82, 2.24) is 4.90 Å². The Morgan fingerprint density at radius 3 is 2.50 bits per heavy atom. The van der Waals surface area contributed by atoms with E-state index in [-0.39, 0.29) is 0 Å². The van der Waals surface area contributed by atoms with Gasteiger partial charge in [-0.2, -0.15) is 0 Å². The predicted octanol–water partition coefficient (Wildman–Crippen LogP) is 5.19. The van der Waals surface area contributed by atoms with Gasteiger partial charge >= 0.3 is 0 Å². The van der Waals surface area contributed by atoms with Gasteiger partial charge in [-0.05, 0) is 63.2 Å². The summed E-state index contributed by atoms with van der Waals surface area (Å²) in [6, 6.07) is 0. The summed E-state index contributed by atoms with van der Waals surface area (Å²) in [5.74, 6) is 2.51. The summed E-state index contributed by atoms with van der Waals surface area (Å²) in [5, 5.41) is 0. The van der Waals surface area contributed by atoms with Crippen molar-refractivity contribution in [3.63, 3.8) is 0 Å². The number of nitrogens with zero attached hydrogens (tertiary/aromatic N) is 1. The van der Waals surface area contributed by atoms with E-state index in [1.165, 1.54) is 44.9 Å². The molecule has 2 fully saturated rings.